The highest BCUT2D eigenvalue weighted by atomic mass is 16.5. The molecule has 1 amide bonds. The van der Waals surface area contributed by atoms with Crippen LogP contribution < -0.4 is 0 Å². The minimum Gasteiger partial charge on any atom is -0.460 e. The van der Waals surface area contributed by atoms with Gasteiger partial charge in [0.2, 0.25) is 5.76 Å². The van der Waals surface area contributed by atoms with Crippen molar-refractivity contribution in [3.63, 3.8) is 0 Å². The molecular weight excluding hydrogens is 308 g/mol. The third kappa shape index (κ3) is 3.53. The number of aryl methyl sites for hydroxylation is 1. The van der Waals surface area contributed by atoms with E-state index in [2.05, 4.69) is 0 Å². The van der Waals surface area contributed by atoms with Gasteiger partial charge in [0, 0.05) is 32.3 Å². The average Bonchev–Trinajstić information content (AvgIpc) is 3.26. The summed E-state index contributed by atoms with van der Waals surface area (Å²) >= 11 is 0. The number of hydrogen-bond donors (Lipinski definition) is 0. The van der Waals surface area contributed by atoms with E-state index in [1.165, 1.54) is 6.26 Å². The second-order valence-electron chi connectivity index (χ2n) is 6.05. The third-order valence-electron chi connectivity index (χ3n) is 4.46. The zero-order valence-electron chi connectivity index (χ0n) is 13.8. The molecule has 1 atom stereocenters. The van der Waals surface area contributed by atoms with Crippen molar-refractivity contribution < 1.29 is 18.7 Å². The van der Waals surface area contributed by atoms with Crippen LogP contribution in [0.15, 0.2) is 41.1 Å². The molecule has 0 aromatic carbocycles. The van der Waals surface area contributed by atoms with Gasteiger partial charge in [-0.25, -0.2) is 4.79 Å². The molecule has 1 saturated heterocycles. The molecule has 6 heteroatoms. The van der Waals surface area contributed by atoms with Gasteiger partial charge in [-0.3, -0.25) is 4.79 Å². The molecule has 3 rings (SSSR count). The number of nitrogens with zero attached hydrogens (tertiary/aromatic N) is 2. The molecule has 0 radical (unpaired) electrons. The number of likely N-dealkylation sites (tertiary alicyclic amines) is 1. The number of carbonyl (C=O) groups is 2. The maximum Gasteiger partial charge on any atom is 0.374 e. The molecule has 0 spiro atoms. The van der Waals surface area contributed by atoms with E-state index in [9.17, 15) is 9.59 Å². The van der Waals surface area contributed by atoms with Gasteiger partial charge in [0.05, 0.1) is 12.9 Å². The van der Waals surface area contributed by atoms with Crippen LogP contribution in [0.25, 0.3) is 0 Å². The minimum atomic E-state index is -0.462. The van der Waals surface area contributed by atoms with Gasteiger partial charge in [-0.2, -0.15) is 0 Å². The molecular formula is C18H22N2O4. The lowest BCUT2D eigenvalue weighted by molar-refractivity contribution is 0.0380. The fourth-order valence-corrected chi connectivity index (χ4v) is 3.15. The minimum absolute atomic E-state index is 0.0459. The third-order valence-corrected chi connectivity index (χ3v) is 4.46. The number of aromatic nitrogens is 1. The van der Waals surface area contributed by atoms with Crippen molar-refractivity contribution in [1.82, 2.24) is 9.47 Å². The van der Waals surface area contributed by atoms with Gasteiger partial charge in [0.1, 0.15) is 5.69 Å². The maximum absolute atomic E-state index is 12.8. The van der Waals surface area contributed by atoms with Crippen molar-refractivity contribution in [2.75, 3.05) is 13.2 Å². The highest BCUT2D eigenvalue weighted by molar-refractivity contribution is 5.93. The first-order valence-corrected chi connectivity index (χ1v) is 8.30. The van der Waals surface area contributed by atoms with Crippen LogP contribution in [-0.2, 0) is 11.8 Å². The van der Waals surface area contributed by atoms with Gasteiger partial charge < -0.3 is 18.6 Å². The van der Waals surface area contributed by atoms with Gasteiger partial charge in [0.25, 0.3) is 5.91 Å². The zero-order valence-corrected chi connectivity index (χ0v) is 13.8. The molecule has 2 aromatic rings. The van der Waals surface area contributed by atoms with Crippen LogP contribution in [0.2, 0.25) is 0 Å². The highest BCUT2D eigenvalue weighted by Gasteiger charge is 2.28. The van der Waals surface area contributed by atoms with E-state index in [1.54, 1.807) is 12.1 Å². The topological polar surface area (TPSA) is 64.7 Å². The number of carbonyl (C=O) groups excluding carboxylic acids is 2. The Hall–Kier alpha value is -2.50. The summed E-state index contributed by atoms with van der Waals surface area (Å²) in [4.78, 5) is 26.5. The van der Waals surface area contributed by atoms with E-state index in [0.29, 0.717) is 12.1 Å². The van der Waals surface area contributed by atoms with Crippen LogP contribution in [0.3, 0.4) is 0 Å². The lowest BCUT2D eigenvalue weighted by atomic mass is 9.99. The SMILES string of the molecule is Cn1cccc1C(=O)N1CCCC[C@@H]1CCOC(=O)c1ccco1. The maximum atomic E-state index is 12.8. The first-order chi connectivity index (χ1) is 11.7. The standard InChI is InChI=1S/C18H22N2O4/c1-19-10-4-7-15(19)17(21)20-11-3-2-6-14(20)9-13-24-18(22)16-8-5-12-23-16/h4-5,7-8,10,12,14H,2-3,6,9,11,13H2,1H3/t14-/m1/s1. The molecule has 6 nitrogen and oxygen atoms in total. The van der Waals surface area contributed by atoms with E-state index < -0.39 is 5.97 Å². The van der Waals surface area contributed by atoms with Crippen LogP contribution in [0, 0.1) is 0 Å². The molecule has 0 saturated carbocycles. The number of ether oxygens (including phenoxy) is 1. The lowest BCUT2D eigenvalue weighted by Crippen LogP contribution is -2.44. The summed E-state index contributed by atoms with van der Waals surface area (Å²) in [5.41, 5.74) is 0.689. The molecule has 2 aromatic heterocycles. The Bertz CT molecular complexity index is 690. The lowest BCUT2D eigenvalue weighted by Gasteiger charge is -2.35. The van der Waals surface area contributed by atoms with Crippen LogP contribution in [0.4, 0.5) is 0 Å². The van der Waals surface area contributed by atoms with Crippen molar-refractivity contribution in [3.8, 4) is 0 Å². The second-order valence-corrected chi connectivity index (χ2v) is 6.05. The van der Waals surface area contributed by atoms with Crippen LogP contribution in [0.5, 0.6) is 0 Å². The zero-order chi connectivity index (χ0) is 16.9. The average molecular weight is 330 g/mol. The Morgan fingerprint density at radius 2 is 2.17 bits per heavy atom. The predicted molar refractivity (Wildman–Crippen MR) is 87.7 cm³/mol. The molecule has 1 aliphatic rings. The Morgan fingerprint density at radius 1 is 1.29 bits per heavy atom. The van der Waals surface area contributed by atoms with Crippen molar-refractivity contribution in [2.24, 2.45) is 7.05 Å². The first kappa shape index (κ1) is 16.4. The predicted octanol–water partition coefficient (Wildman–Crippen LogP) is 2.86. The fraction of sp³-hybridized carbons (Fsp3) is 0.444. The molecule has 0 N–H and O–H groups in total. The molecule has 0 bridgehead atoms. The number of furan rings is 1. The summed E-state index contributed by atoms with van der Waals surface area (Å²) in [6.45, 7) is 1.03. The fourth-order valence-electron chi connectivity index (χ4n) is 3.15. The molecule has 0 aliphatic carbocycles. The monoisotopic (exact) mass is 330 g/mol. The van der Waals surface area contributed by atoms with Gasteiger partial charge in [0.15, 0.2) is 0 Å². The summed E-state index contributed by atoms with van der Waals surface area (Å²) < 4.78 is 12.1. The van der Waals surface area contributed by atoms with Crippen LogP contribution in [-0.4, -0.2) is 40.5 Å². The number of rotatable bonds is 5. The molecule has 3 heterocycles. The van der Waals surface area contributed by atoms with Crippen molar-refractivity contribution in [2.45, 2.75) is 31.7 Å². The van der Waals surface area contributed by atoms with E-state index in [1.807, 2.05) is 34.8 Å². The van der Waals surface area contributed by atoms with E-state index in [0.717, 1.165) is 25.8 Å². The van der Waals surface area contributed by atoms with Gasteiger partial charge >= 0.3 is 5.97 Å². The van der Waals surface area contributed by atoms with Gasteiger partial charge in [-0.05, 0) is 43.5 Å². The van der Waals surface area contributed by atoms with E-state index in [-0.39, 0.29) is 24.3 Å². The molecule has 128 valence electrons. The number of esters is 1. The largest absolute Gasteiger partial charge is 0.460 e. The Balaban J connectivity index is 1.57. The number of piperidine rings is 1. The molecule has 24 heavy (non-hydrogen) atoms. The summed E-state index contributed by atoms with van der Waals surface area (Å²) in [5, 5.41) is 0. The first-order valence-electron chi connectivity index (χ1n) is 8.30. The Kier molecular flexibility index (Phi) is 5.03. The quantitative estimate of drug-likeness (QED) is 0.791. The summed E-state index contributed by atoms with van der Waals surface area (Å²) in [6, 6.07) is 7.04. The Morgan fingerprint density at radius 3 is 2.88 bits per heavy atom. The van der Waals surface area contributed by atoms with Gasteiger partial charge in [-0.1, -0.05) is 0 Å². The second kappa shape index (κ2) is 7.38. The summed E-state index contributed by atoms with van der Waals surface area (Å²) in [5.74, 6) is -0.212. The van der Waals surface area contributed by atoms with Crippen molar-refractivity contribution in [3.05, 3.63) is 48.2 Å². The van der Waals surface area contributed by atoms with Crippen LogP contribution in [0.1, 0.15) is 46.7 Å². The molecule has 1 fully saturated rings. The van der Waals surface area contributed by atoms with Crippen LogP contribution >= 0.6 is 0 Å². The number of hydrogen-bond acceptors (Lipinski definition) is 4. The summed E-state index contributed by atoms with van der Waals surface area (Å²) in [7, 11) is 1.87. The molecule has 1 aliphatic heterocycles. The smallest absolute Gasteiger partial charge is 0.374 e. The normalized spacial score (nSPS) is 17.7. The van der Waals surface area contributed by atoms with E-state index in [4.69, 9.17) is 9.15 Å². The van der Waals surface area contributed by atoms with Gasteiger partial charge in [-0.15, -0.1) is 0 Å². The highest BCUT2D eigenvalue weighted by Crippen LogP contribution is 2.22. The number of amides is 1. The van der Waals surface area contributed by atoms with Crippen molar-refractivity contribution >= 4 is 11.9 Å². The molecule has 0 unspecified atom stereocenters. The summed E-state index contributed by atoms with van der Waals surface area (Å²) in [6.07, 6.45) is 7.00. The van der Waals surface area contributed by atoms with E-state index >= 15 is 0 Å². The van der Waals surface area contributed by atoms with Crippen molar-refractivity contribution in [1.29, 1.82) is 0 Å². The Labute approximate surface area is 141 Å².